The largest absolute Gasteiger partial charge is 0.183 e. The van der Waals surface area contributed by atoms with Gasteiger partial charge in [-0.2, -0.15) is 10.6 Å². The van der Waals surface area contributed by atoms with Crippen molar-refractivity contribution in [3.05, 3.63) is 59.7 Å². The number of nitrogens with zero attached hydrogens (tertiary/aromatic N) is 3. The summed E-state index contributed by atoms with van der Waals surface area (Å²) < 4.78 is 0. The maximum absolute atomic E-state index is 6.70. The molecule has 4 heteroatoms. The van der Waals surface area contributed by atoms with Gasteiger partial charge in [0.15, 0.2) is 0 Å². The van der Waals surface area contributed by atoms with E-state index >= 15 is 0 Å². The van der Waals surface area contributed by atoms with Crippen molar-refractivity contribution in [2.45, 2.75) is 6.04 Å². The average Bonchev–Trinajstić information content (AvgIpc) is 2.71. The Morgan fingerprint density at radius 3 is 1.88 bits per heavy atom. The summed E-state index contributed by atoms with van der Waals surface area (Å²) in [5.41, 5.74) is 11.3. The molecule has 1 N–H and O–H groups in total. The molecular formula is C13H10N4. The van der Waals surface area contributed by atoms with E-state index in [4.69, 9.17) is 5.53 Å². The third kappa shape index (κ3) is 1.45. The van der Waals surface area contributed by atoms with Gasteiger partial charge in [-0.25, -0.2) is 0 Å². The summed E-state index contributed by atoms with van der Waals surface area (Å²) in [5.74, 6) is 0. The van der Waals surface area contributed by atoms with Gasteiger partial charge in [0, 0.05) is 0 Å². The molecule has 0 unspecified atom stereocenters. The number of benzene rings is 2. The molecule has 0 spiro atoms. The van der Waals surface area contributed by atoms with E-state index in [0.29, 0.717) is 0 Å². The summed E-state index contributed by atoms with van der Waals surface area (Å²) >= 11 is 0. The molecule has 1 aliphatic rings. The van der Waals surface area contributed by atoms with Crippen LogP contribution in [0.3, 0.4) is 0 Å². The molecule has 2 aromatic rings. The van der Waals surface area contributed by atoms with Gasteiger partial charge >= 0.3 is 0 Å². The van der Waals surface area contributed by atoms with Gasteiger partial charge in [0.05, 0.1) is 0 Å². The third-order valence-electron chi connectivity index (χ3n) is 3.01. The fraction of sp³-hybridized carbons (Fsp3) is 0.0769. The van der Waals surface area contributed by atoms with E-state index in [-0.39, 0.29) is 6.04 Å². The highest BCUT2D eigenvalue weighted by molar-refractivity contribution is 5.78. The molecule has 0 heterocycles. The molecule has 3 rings (SSSR count). The van der Waals surface area contributed by atoms with Crippen molar-refractivity contribution in [3.63, 3.8) is 0 Å². The van der Waals surface area contributed by atoms with Crippen LogP contribution in [0.4, 0.5) is 0 Å². The highest BCUT2D eigenvalue weighted by atomic mass is 15.4. The van der Waals surface area contributed by atoms with Gasteiger partial charge < -0.3 is 0 Å². The highest BCUT2D eigenvalue weighted by Crippen LogP contribution is 2.45. The lowest BCUT2D eigenvalue weighted by Gasteiger charge is -2.04. The van der Waals surface area contributed by atoms with E-state index in [1.54, 1.807) is 0 Å². The van der Waals surface area contributed by atoms with E-state index in [0.717, 1.165) is 11.1 Å². The van der Waals surface area contributed by atoms with Gasteiger partial charge in [-0.05, 0) is 32.7 Å². The summed E-state index contributed by atoms with van der Waals surface area (Å²) in [6, 6.07) is 16.1. The minimum absolute atomic E-state index is 0.128. The molecule has 2 aromatic carbocycles. The van der Waals surface area contributed by atoms with Gasteiger partial charge in [-0.1, -0.05) is 48.5 Å². The van der Waals surface area contributed by atoms with Crippen LogP contribution in [-0.4, -0.2) is 0 Å². The second-order valence-electron chi connectivity index (χ2n) is 3.88. The number of fused-ring (bicyclic) bond motifs is 3. The van der Waals surface area contributed by atoms with Crippen LogP contribution in [0.15, 0.2) is 64.1 Å². The van der Waals surface area contributed by atoms with Crippen molar-refractivity contribution in [3.8, 4) is 11.1 Å². The van der Waals surface area contributed by atoms with Crippen LogP contribution in [0, 0.1) is 5.53 Å². The second kappa shape index (κ2) is 3.90. The van der Waals surface area contributed by atoms with E-state index in [1.165, 1.54) is 11.1 Å². The Kier molecular flexibility index (Phi) is 2.26. The predicted octanol–water partition coefficient (Wildman–Crippen LogP) is 4.15. The first-order valence-corrected chi connectivity index (χ1v) is 5.36. The summed E-state index contributed by atoms with van der Waals surface area (Å²) in [7, 11) is 0. The minimum atomic E-state index is -0.128. The van der Waals surface area contributed by atoms with Gasteiger partial charge in [0.25, 0.3) is 0 Å². The second-order valence-corrected chi connectivity index (χ2v) is 3.88. The smallest absolute Gasteiger partial charge is 0.124 e. The lowest BCUT2D eigenvalue weighted by Crippen LogP contribution is -1.90. The van der Waals surface area contributed by atoms with E-state index < -0.39 is 0 Å². The molecule has 4 nitrogen and oxygen atoms in total. The van der Waals surface area contributed by atoms with Gasteiger partial charge in [0.1, 0.15) is 6.04 Å². The van der Waals surface area contributed by atoms with E-state index in [1.807, 2.05) is 36.4 Å². The zero-order valence-electron chi connectivity index (χ0n) is 9.04. The van der Waals surface area contributed by atoms with Crippen molar-refractivity contribution in [2.24, 2.45) is 15.6 Å². The Morgan fingerprint density at radius 1 is 0.824 bits per heavy atom. The van der Waals surface area contributed by atoms with Crippen molar-refractivity contribution in [2.75, 3.05) is 0 Å². The quantitative estimate of drug-likeness (QED) is 0.586. The molecule has 1 aliphatic carbocycles. The monoisotopic (exact) mass is 222 g/mol. The zero-order valence-corrected chi connectivity index (χ0v) is 9.04. The molecule has 17 heavy (non-hydrogen) atoms. The number of rotatable bonds is 2. The molecule has 0 amide bonds. The van der Waals surface area contributed by atoms with Crippen LogP contribution < -0.4 is 0 Å². The molecule has 0 aliphatic heterocycles. The van der Waals surface area contributed by atoms with E-state index in [2.05, 4.69) is 27.7 Å². The molecular weight excluding hydrogens is 212 g/mol. The SMILES string of the molecule is N=NN=NC1c2ccccc2-c2ccccc21. The molecule has 0 fully saturated rings. The fourth-order valence-electron chi connectivity index (χ4n) is 2.33. The van der Waals surface area contributed by atoms with Gasteiger partial charge in [-0.15, -0.1) is 0 Å². The molecule has 0 saturated carbocycles. The standard InChI is InChI=1S/C13H10N4/c14-16-17-15-13-11-7-3-1-5-9(11)10-6-2-4-8-12(10)13/h1-8,13-14H. The summed E-state index contributed by atoms with van der Waals surface area (Å²) in [4.78, 5) is 0. The molecule has 0 atom stereocenters. The minimum Gasteiger partial charge on any atom is -0.183 e. The van der Waals surface area contributed by atoms with Gasteiger partial charge in [0.2, 0.25) is 0 Å². The Labute approximate surface area is 98.5 Å². The molecule has 82 valence electrons. The number of hydrogen-bond acceptors (Lipinski definition) is 2. The average molecular weight is 222 g/mol. The number of hydrogen-bond donors (Lipinski definition) is 1. The Hall–Kier alpha value is -2.36. The third-order valence-corrected chi connectivity index (χ3v) is 3.01. The molecule has 0 saturated heterocycles. The Balaban J connectivity index is 2.23. The Morgan fingerprint density at radius 2 is 1.35 bits per heavy atom. The maximum Gasteiger partial charge on any atom is 0.124 e. The summed E-state index contributed by atoms with van der Waals surface area (Å²) in [6.07, 6.45) is 0. The maximum atomic E-state index is 6.70. The topological polar surface area (TPSA) is 60.9 Å². The first-order chi connectivity index (χ1) is 8.42. The molecule has 0 aromatic heterocycles. The zero-order chi connectivity index (χ0) is 11.7. The summed E-state index contributed by atoms with van der Waals surface area (Å²) in [5, 5.41) is 10.5. The van der Waals surface area contributed by atoms with Crippen LogP contribution in [0.25, 0.3) is 11.1 Å². The lowest BCUT2D eigenvalue weighted by atomic mass is 10.1. The highest BCUT2D eigenvalue weighted by Gasteiger charge is 2.27. The van der Waals surface area contributed by atoms with Crippen molar-refractivity contribution < 1.29 is 0 Å². The lowest BCUT2D eigenvalue weighted by molar-refractivity contribution is 0.759. The normalized spacial score (nSPS) is 13.6. The van der Waals surface area contributed by atoms with Crippen LogP contribution in [0.5, 0.6) is 0 Å². The number of nitrogens with one attached hydrogen (secondary N) is 1. The fourth-order valence-corrected chi connectivity index (χ4v) is 2.33. The first-order valence-electron chi connectivity index (χ1n) is 5.36. The van der Waals surface area contributed by atoms with Crippen LogP contribution >= 0.6 is 0 Å². The van der Waals surface area contributed by atoms with Crippen molar-refractivity contribution in [1.82, 2.24) is 0 Å². The van der Waals surface area contributed by atoms with E-state index in [9.17, 15) is 0 Å². The van der Waals surface area contributed by atoms with Crippen LogP contribution in [-0.2, 0) is 0 Å². The Bertz CT molecular complexity index is 558. The van der Waals surface area contributed by atoms with Gasteiger partial charge in [-0.3, -0.25) is 0 Å². The van der Waals surface area contributed by atoms with Crippen LogP contribution in [0.1, 0.15) is 17.2 Å². The molecule has 0 bridgehead atoms. The summed E-state index contributed by atoms with van der Waals surface area (Å²) in [6.45, 7) is 0. The first kappa shape index (κ1) is 9.84. The predicted molar refractivity (Wildman–Crippen MR) is 63.7 cm³/mol. The van der Waals surface area contributed by atoms with Crippen molar-refractivity contribution >= 4 is 0 Å². The molecule has 0 radical (unpaired) electrons. The van der Waals surface area contributed by atoms with Crippen molar-refractivity contribution in [1.29, 1.82) is 5.53 Å². The van der Waals surface area contributed by atoms with Crippen LogP contribution in [0.2, 0.25) is 0 Å².